The predicted molar refractivity (Wildman–Crippen MR) is 76.4 cm³/mol. The van der Waals surface area contributed by atoms with E-state index in [1.165, 1.54) is 18.3 Å². The Morgan fingerprint density at radius 1 is 1.52 bits per heavy atom. The van der Waals surface area contributed by atoms with Gasteiger partial charge in [-0.25, -0.2) is 9.78 Å². The van der Waals surface area contributed by atoms with Gasteiger partial charge in [-0.1, -0.05) is 0 Å². The Bertz CT molecular complexity index is 516. The lowest BCUT2D eigenvalue weighted by Crippen LogP contribution is -2.42. The summed E-state index contributed by atoms with van der Waals surface area (Å²) in [6.07, 6.45) is -1.33. The number of nitrogens with zero attached hydrogens (tertiary/aromatic N) is 1. The molecule has 0 spiro atoms. The van der Waals surface area contributed by atoms with Crippen molar-refractivity contribution in [1.29, 1.82) is 0 Å². The average molecular weight is 333 g/mol. The fourth-order valence-electron chi connectivity index (χ4n) is 2.16. The summed E-state index contributed by atoms with van der Waals surface area (Å²) in [6.45, 7) is 1.13. The SMILES string of the molecule is C[C@@H](NC(=O)Nc1ccc(OCC(F)(F)F)nc1)[C@H]1CCCO1. The van der Waals surface area contributed by atoms with Gasteiger partial charge in [-0.15, -0.1) is 0 Å². The Morgan fingerprint density at radius 2 is 2.30 bits per heavy atom. The number of anilines is 1. The highest BCUT2D eigenvalue weighted by Gasteiger charge is 2.28. The van der Waals surface area contributed by atoms with Crippen LogP contribution in [0.5, 0.6) is 5.88 Å². The molecule has 0 unspecified atom stereocenters. The summed E-state index contributed by atoms with van der Waals surface area (Å²) in [5.41, 5.74) is 0.349. The molecular formula is C14H18F3N3O3. The Balaban J connectivity index is 1.79. The van der Waals surface area contributed by atoms with E-state index in [1.807, 2.05) is 6.92 Å². The molecule has 2 amide bonds. The Kier molecular flexibility index (Phi) is 5.64. The molecule has 128 valence electrons. The zero-order valence-corrected chi connectivity index (χ0v) is 12.5. The number of alkyl halides is 3. The molecule has 0 bridgehead atoms. The average Bonchev–Trinajstić information content (AvgIpc) is 3.00. The van der Waals surface area contributed by atoms with Gasteiger partial charge in [-0.3, -0.25) is 0 Å². The molecule has 0 saturated carbocycles. The predicted octanol–water partition coefficient (Wildman–Crippen LogP) is 2.71. The molecule has 9 heteroatoms. The summed E-state index contributed by atoms with van der Waals surface area (Å²) in [4.78, 5) is 15.5. The fourth-order valence-corrected chi connectivity index (χ4v) is 2.16. The zero-order valence-electron chi connectivity index (χ0n) is 12.5. The van der Waals surface area contributed by atoms with Crippen molar-refractivity contribution < 1.29 is 27.4 Å². The van der Waals surface area contributed by atoms with Crippen molar-refractivity contribution >= 4 is 11.7 Å². The highest BCUT2D eigenvalue weighted by Crippen LogP contribution is 2.18. The smallest absolute Gasteiger partial charge is 0.422 e. The van der Waals surface area contributed by atoms with Crippen LogP contribution in [0.1, 0.15) is 19.8 Å². The van der Waals surface area contributed by atoms with Gasteiger partial charge in [0.1, 0.15) is 0 Å². The van der Waals surface area contributed by atoms with Gasteiger partial charge in [0.25, 0.3) is 0 Å². The lowest BCUT2D eigenvalue weighted by molar-refractivity contribution is -0.154. The Labute approximate surface area is 131 Å². The Morgan fingerprint density at radius 3 is 2.87 bits per heavy atom. The second-order valence-corrected chi connectivity index (χ2v) is 5.23. The minimum absolute atomic E-state index is 0.00276. The summed E-state index contributed by atoms with van der Waals surface area (Å²) in [5.74, 6) is -0.166. The van der Waals surface area contributed by atoms with E-state index >= 15 is 0 Å². The zero-order chi connectivity index (χ0) is 16.9. The molecule has 2 atom stereocenters. The van der Waals surface area contributed by atoms with Gasteiger partial charge in [0.15, 0.2) is 6.61 Å². The monoisotopic (exact) mass is 333 g/mol. The number of aromatic nitrogens is 1. The fraction of sp³-hybridized carbons (Fsp3) is 0.571. The molecule has 2 N–H and O–H groups in total. The summed E-state index contributed by atoms with van der Waals surface area (Å²) < 4.78 is 46.0. The maximum absolute atomic E-state index is 12.0. The molecule has 1 fully saturated rings. The van der Waals surface area contributed by atoms with E-state index in [9.17, 15) is 18.0 Å². The molecular weight excluding hydrogens is 315 g/mol. The third-order valence-electron chi connectivity index (χ3n) is 3.26. The summed E-state index contributed by atoms with van der Waals surface area (Å²) >= 11 is 0. The number of carbonyl (C=O) groups excluding carboxylic acids is 1. The van der Waals surface area contributed by atoms with Crippen LogP contribution in [0, 0.1) is 0 Å². The van der Waals surface area contributed by atoms with Gasteiger partial charge < -0.3 is 20.1 Å². The highest BCUT2D eigenvalue weighted by atomic mass is 19.4. The van der Waals surface area contributed by atoms with Gasteiger partial charge in [0, 0.05) is 12.7 Å². The van der Waals surface area contributed by atoms with E-state index in [1.54, 1.807) is 0 Å². The number of hydrogen-bond donors (Lipinski definition) is 2. The first-order valence-electron chi connectivity index (χ1n) is 7.18. The first kappa shape index (κ1) is 17.3. The van der Waals surface area contributed by atoms with Crippen LogP contribution in [-0.2, 0) is 4.74 Å². The molecule has 0 aliphatic carbocycles. The molecule has 1 aromatic rings. The highest BCUT2D eigenvalue weighted by molar-refractivity contribution is 5.89. The molecule has 1 aliphatic heterocycles. The molecule has 23 heavy (non-hydrogen) atoms. The largest absolute Gasteiger partial charge is 0.468 e. The molecule has 2 heterocycles. The number of nitrogens with one attached hydrogen (secondary N) is 2. The van der Waals surface area contributed by atoms with E-state index < -0.39 is 18.8 Å². The van der Waals surface area contributed by atoms with Crippen LogP contribution in [0.3, 0.4) is 0 Å². The topological polar surface area (TPSA) is 72.5 Å². The number of pyridine rings is 1. The summed E-state index contributed by atoms with van der Waals surface area (Å²) in [5, 5.41) is 5.30. The molecule has 0 radical (unpaired) electrons. The van der Waals surface area contributed by atoms with Crippen molar-refractivity contribution in [3.63, 3.8) is 0 Å². The second-order valence-electron chi connectivity index (χ2n) is 5.23. The van der Waals surface area contributed by atoms with E-state index in [0.717, 1.165) is 12.8 Å². The molecule has 1 saturated heterocycles. The molecule has 6 nitrogen and oxygen atoms in total. The molecule has 1 aromatic heterocycles. The maximum atomic E-state index is 12.0. The third-order valence-corrected chi connectivity index (χ3v) is 3.26. The van der Waals surface area contributed by atoms with E-state index in [-0.39, 0.29) is 18.0 Å². The number of ether oxygens (including phenoxy) is 2. The molecule has 1 aliphatic rings. The van der Waals surface area contributed by atoms with Gasteiger partial charge in [-0.05, 0) is 25.8 Å². The normalized spacial score (nSPS) is 19.2. The standard InChI is InChI=1S/C14H18F3N3O3/c1-9(11-3-2-6-22-11)19-13(21)20-10-4-5-12(18-7-10)23-8-14(15,16)17/h4-5,7,9,11H,2-3,6,8H2,1H3,(H2,19,20,21)/t9-,11-/m1/s1. The minimum atomic E-state index is -4.42. The summed E-state index contributed by atoms with van der Waals surface area (Å²) in [6, 6.07) is 2.10. The van der Waals surface area contributed by atoms with Crippen LogP contribution >= 0.6 is 0 Å². The van der Waals surface area contributed by atoms with E-state index in [0.29, 0.717) is 12.3 Å². The van der Waals surface area contributed by atoms with Crippen LogP contribution in [0.25, 0.3) is 0 Å². The lowest BCUT2D eigenvalue weighted by atomic mass is 10.1. The van der Waals surface area contributed by atoms with Crippen LogP contribution in [-0.4, -0.2) is 42.6 Å². The first-order valence-corrected chi connectivity index (χ1v) is 7.18. The molecule has 0 aromatic carbocycles. The van der Waals surface area contributed by atoms with Crippen molar-refractivity contribution in [2.75, 3.05) is 18.5 Å². The van der Waals surface area contributed by atoms with Crippen molar-refractivity contribution in [3.05, 3.63) is 18.3 Å². The van der Waals surface area contributed by atoms with Crippen molar-refractivity contribution in [3.8, 4) is 5.88 Å². The number of halogens is 3. The lowest BCUT2D eigenvalue weighted by Gasteiger charge is -2.20. The maximum Gasteiger partial charge on any atom is 0.422 e. The number of rotatable bonds is 5. The quantitative estimate of drug-likeness (QED) is 0.869. The third kappa shape index (κ3) is 5.93. The van der Waals surface area contributed by atoms with E-state index in [2.05, 4.69) is 20.4 Å². The van der Waals surface area contributed by atoms with Crippen LogP contribution < -0.4 is 15.4 Å². The number of hydrogen-bond acceptors (Lipinski definition) is 4. The van der Waals surface area contributed by atoms with Gasteiger partial charge in [0.2, 0.25) is 5.88 Å². The van der Waals surface area contributed by atoms with Crippen molar-refractivity contribution in [2.24, 2.45) is 0 Å². The van der Waals surface area contributed by atoms with Gasteiger partial charge >= 0.3 is 12.2 Å². The molecule has 2 rings (SSSR count). The van der Waals surface area contributed by atoms with Crippen LogP contribution in [0.2, 0.25) is 0 Å². The number of urea groups is 1. The number of amides is 2. The van der Waals surface area contributed by atoms with Gasteiger partial charge in [-0.2, -0.15) is 13.2 Å². The summed E-state index contributed by atoms with van der Waals surface area (Å²) in [7, 11) is 0. The first-order chi connectivity index (χ1) is 10.8. The van der Waals surface area contributed by atoms with Gasteiger partial charge in [0.05, 0.1) is 24.0 Å². The van der Waals surface area contributed by atoms with Crippen molar-refractivity contribution in [2.45, 2.75) is 38.1 Å². The van der Waals surface area contributed by atoms with Crippen LogP contribution in [0.15, 0.2) is 18.3 Å². The number of carbonyl (C=O) groups is 1. The second kappa shape index (κ2) is 7.49. The minimum Gasteiger partial charge on any atom is -0.468 e. The van der Waals surface area contributed by atoms with E-state index in [4.69, 9.17) is 4.74 Å². The van der Waals surface area contributed by atoms with Crippen molar-refractivity contribution in [1.82, 2.24) is 10.3 Å². The Hall–Kier alpha value is -2.03. The van der Waals surface area contributed by atoms with Crippen LogP contribution in [0.4, 0.5) is 23.7 Å².